The molecule has 4 heterocycles. The summed E-state index contributed by atoms with van der Waals surface area (Å²) >= 11 is 13.0. The summed E-state index contributed by atoms with van der Waals surface area (Å²) in [7, 11) is 0. The topological polar surface area (TPSA) is 113 Å². The summed E-state index contributed by atoms with van der Waals surface area (Å²) in [5.74, 6) is -4.79. The average molecular weight is 798 g/mol. The number of nitrogens with zero attached hydrogens (tertiary/aromatic N) is 3. The fourth-order valence-corrected chi connectivity index (χ4v) is 7.73. The molecule has 0 unspecified atom stereocenters. The van der Waals surface area contributed by atoms with Gasteiger partial charge < -0.3 is 19.3 Å². The lowest BCUT2D eigenvalue weighted by molar-refractivity contribution is -0.904. The Hall–Kier alpha value is -4.86. The minimum atomic E-state index is -3.46. The van der Waals surface area contributed by atoms with Crippen molar-refractivity contribution in [3.8, 4) is 11.5 Å². The van der Waals surface area contributed by atoms with Crippen molar-refractivity contribution in [2.75, 3.05) is 24.5 Å². The van der Waals surface area contributed by atoms with E-state index in [2.05, 4.69) is 14.4 Å². The van der Waals surface area contributed by atoms with Crippen LogP contribution < -0.4 is 19.1 Å². The highest BCUT2D eigenvalue weighted by Crippen LogP contribution is 2.42. The Morgan fingerprint density at radius 3 is 2.20 bits per heavy atom. The summed E-state index contributed by atoms with van der Waals surface area (Å²) in [6, 6.07) is 12.9. The van der Waals surface area contributed by atoms with Crippen LogP contribution in [0.25, 0.3) is 0 Å². The molecule has 3 aliphatic heterocycles. The van der Waals surface area contributed by atoms with E-state index in [4.69, 9.17) is 27.9 Å². The number of hydrogen-bond acceptors (Lipinski definition) is 7. The predicted molar refractivity (Wildman–Crippen MR) is 185 cm³/mol. The van der Waals surface area contributed by atoms with Crippen molar-refractivity contribution in [1.82, 2.24) is 4.90 Å². The van der Waals surface area contributed by atoms with Crippen molar-refractivity contribution >= 4 is 41.0 Å². The minimum absolute atomic E-state index is 0.0142. The number of benzene rings is 3. The number of anilines is 1. The Balaban J connectivity index is 1.51. The zero-order chi connectivity index (χ0) is 38.7. The van der Waals surface area contributed by atoms with Gasteiger partial charge in [0.15, 0.2) is 11.5 Å². The fraction of sp³-hybridized carbons (Fsp3) is 0.324. The number of ether oxygens (including phenoxy) is 3. The van der Waals surface area contributed by atoms with Crippen molar-refractivity contribution in [1.29, 1.82) is 0 Å². The smallest absolute Gasteiger partial charge is 0.415 e. The van der Waals surface area contributed by atoms with E-state index in [1.165, 1.54) is 42.5 Å². The van der Waals surface area contributed by atoms with E-state index in [-0.39, 0.29) is 55.9 Å². The zero-order valence-electron chi connectivity index (χ0n) is 28.2. The molecule has 7 rings (SSSR count). The van der Waals surface area contributed by atoms with Crippen LogP contribution in [-0.4, -0.2) is 66.2 Å². The standard InChI is InChI=1S/C37H32Cl2F5N3O7/c38-26-17-46(51)18-27(39)25(26)15-24(21-8-9-30(52-35(41)42)31(14-21)53-36(43)44)33-22(4-3-5-23(33)34(48)49)16-47(29-7-2-1-6-28(29)40)37(50)54-32-19-45-12-10-20(32)11-13-45/h1-9,14,17-18,20,24,32,35-36H,10-13,15-16,19H2,(H-,48,49,51)/p+1/t24-,32+/m1/s1. The van der Waals surface area contributed by atoms with Crippen molar-refractivity contribution < 1.29 is 60.8 Å². The molecule has 3 aliphatic rings. The largest absolute Gasteiger partial charge is 0.478 e. The van der Waals surface area contributed by atoms with Gasteiger partial charge in [0, 0.05) is 22.8 Å². The number of rotatable bonds is 13. The van der Waals surface area contributed by atoms with Crippen LogP contribution in [0.2, 0.25) is 10.0 Å². The normalized spacial score (nSPS) is 18.4. The molecule has 3 fully saturated rings. The molecule has 0 aliphatic carbocycles. The van der Waals surface area contributed by atoms with Gasteiger partial charge in [-0.25, -0.2) is 14.0 Å². The van der Waals surface area contributed by atoms with Crippen LogP contribution in [0.3, 0.4) is 0 Å². The maximum Gasteiger partial charge on any atom is 0.415 e. The lowest BCUT2D eigenvalue weighted by atomic mass is 9.80. The zero-order valence-corrected chi connectivity index (χ0v) is 29.7. The van der Waals surface area contributed by atoms with Crippen molar-refractivity contribution in [3.05, 3.63) is 117 Å². The van der Waals surface area contributed by atoms with Gasteiger partial charge in [-0.2, -0.15) is 17.6 Å². The fourth-order valence-electron chi connectivity index (χ4n) is 7.12. The number of amides is 1. The van der Waals surface area contributed by atoms with Gasteiger partial charge in [0.2, 0.25) is 12.4 Å². The molecule has 0 radical (unpaired) electrons. The molecule has 1 aromatic heterocycles. The molecule has 0 spiro atoms. The molecule has 3 saturated heterocycles. The van der Waals surface area contributed by atoms with E-state index in [9.17, 15) is 37.5 Å². The van der Waals surface area contributed by atoms with Gasteiger partial charge in [-0.15, -0.1) is 0 Å². The van der Waals surface area contributed by atoms with E-state index in [1.807, 2.05) is 0 Å². The first-order valence-electron chi connectivity index (χ1n) is 16.7. The Kier molecular flexibility index (Phi) is 12.0. The number of carbonyl (C=O) groups excluding carboxylic acids is 1. The third-order valence-electron chi connectivity index (χ3n) is 9.59. The Bertz CT molecular complexity index is 2000. The Labute approximate surface area is 315 Å². The minimum Gasteiger partial charge on any atom is -0.478 e. The SMILES string of the molecule is O=C(O)c1cccc(CN(C(=O)O[C@H]2CN3CCC2CC3)c2ccccc2F)c1[C@H](Cc1c(Cl)c[n+](O)cc1Cl)c1ccc(OC(F)F)c(OC(F)F)c1. The molecule has 4 aromatic rings. The third-order valence-corrected chi connectivity index (χ3v) is 10.2. The second kappa shape index (κ2) is 16.7. The van der Waals surface area contributed by atoms with Gasteiger partial charge in [-0.1, -0.05) is 53.5 Å². The van der Waals surface area contributed by atoms with E-state index in [0.717, 1.165) is 61.4 Å². The molecule has 286 valence electrons. The van der Waals surface area contributed by atoms with Gasteiger partial charge >= 0.3 is 25.3 Å². The molecular formula is C37H33Cl2F5N3O7+. The molecule has 17 heteroatoms. The summed E-state index contributed by atoms with van der Waals surface area (Å²) in [5.41, 5.74) is -0.0470. The number of carboxylic acid groups (broad SMARTS) is 1. The lowest BCUT2D eigenvalue weighted by Gasteiger charge is -2.44. The first kappa shape index (κ1) is 38.9. The van der Waals surface area contributed by atoms with Crippen LogP contribution >= 0.6 is 23.2 Å². The number of para-hydroxylation sites is 1. The van der Waals surface area contributed by atoms with Crippen molar-refractivity contribution in [3.63, 3.8) is 0 Å². The average Bonchev–Trinajstić information content (AvgIpc) is 3.11. The second-order valence-corrected chi connectivity index (χ2v) is 13.6. The van der Waals surface area contributed by atoms with Gasteiger partial charge in [0.1, 0.15) is 22.0 Å². The third kappa shape index (κ3) is 8.74. The molecule has 2 atom stereocenters. The molecule has 54 heavy (non-hydrogen) atoms. The maximum atomic E-state index is 15.5. The summed E-state index contributed by atoms with van der Waals surface area (Å²) in [5, 5.41) is 20.4. The molecule has 1 amide bonds. The van der Waals surface area contributed by atoms with E-state index in [1.54, 1.807) is 0 Å². The Morgan fingerprint density at radius 2 is 1.59 bits per heavy atom. The van der Waals surface area contributed by atoms with Gasteiger partial charge in [-0.05, 0) is 85.3 Å². The number of hydrogen-bond donors (Lipinski definition) is 2. The van der Waals surface area contributed by atoms with E-state index >= 15 is 4.39 Å². The number of aromatic nitrogens is 1. The summed E-state index contributed by atoms with van der Waals surface area (Å²) in [6.45, 7) is -5.05. The number of carboxylic acids is 1. The quantitative estimate of drug-likeness (QED) is 0.0792. The van der Waals surface area contributed by atoms with E-state index < -0.39 is 61.2 Å². The van der Waals surface area contributed by atoms with Crippen LogP contribution in [0.15, 0.2) is 73.1 Å². The number of fused-ring (bicyclic) bond motifs is 3. The molecule has 10 nitrogen and oxygen atoms in total. The van der Waals surface area contributed by atoms with E-state index in [0.29, 0.717) is 11.3 Å². The summed E-state index contributed by atoms with van der Waals surface area (Å²) in [6.07, 6.45) is 2.25. The van der Waals surface area contributed by atoms with Crippen LogP contribution in [0.1, 0.15) is 51.4 Å². The van der Waals surface area contributed by atoms with Gasteiger partial charge in [0.05, 0.1) is 17.8 Å². The number of halogens is 7. The first-order chi connectivity index (χ1) is 25.8. The summed E-state index contributed by atoms with van der Waals surface area (Å²) < 4.78 is 84.7. The highest BCUT2D eigenvalue weighted by Gasteiger charge is 2.38. The molecular weight excluding hydrogens is 764 g/mol. The first-order valence-corrected chi connectivity index (χ1v) is 17.5. The Morgan fingerprint density at radius 1 is 0.926 bits per heavy atom. The number of aromatic carboxylic acids is 1. The second-order valence-electron chi connectivity index (χ2n) is 12.8. The lowest BCUT2D eigenvalue weighted by Crippen LogP contribution is -2.53. The number of pyridine rings is 1. The van der Waals surface area contributed by atoms with Crippen molar-refractivity contribution in [2.45, 2.75) is 51.1 Å². The van der Waals surface area contributed by atoms with Gasteiger partial charge in [-0.3, -0.25) is 15.0 Å². The van der Waals surface area contributed by atoms with Crippen molar-refractivity contribution in [2.24, 2.45) is 5.92 Å². The monoisotopic (exact) mass is 796 g/mol. The molecule has 0 saturated carbocycles. The molecule has 3 aromatic carbocycles. The maximum absolute atomic E-state index is 15.5. The van der Waals surface area contributed by atoms with Crippen LogP contribution in [0.5, 0.6) is 11.5 Å². The van der Waals surface area contributed by atoms with Crippen LogP contribution in [-0.2, 0) is 17.7 Å². The molecule has 2 N–H and O–H groups in total. The van der Waals surface area contributed by atoms with Crippen LogP contribution in [0, 0.1) is 11.7 Å². The summed E-state index contributed by atoms with van der Waals surface area (Å²) in [4.78, 5) is 30.2. The van der Waals surface area contributed by atoms with Crippen LogP contribution in [0.4, 0.5) is 32.4 Å². The highest BCUT2D eigenvalue weighted by molar-refractivity contribution is 6.35. The highest BCUT2D eigenvalue weighted by atomic mass is 35.5. The predicted octanol–water partition coefficient (Wildman–Crippen LogP) is 8.17. The number of carbonyl (C=O) groups is 2. The number of alkyl halides is 4. The molecule has 2 bridgehead atoms. The number of piperidine rings is 3. The van der Waals surface area contributed by atoms with Gasteiger partial charge in [0.25, 0.3) is 0 Å².